The first-order chi connectivity index (χ1) is 13.1. The van der Waals surface area contributed by atoms with Gasteiger partial charge < -0.3 is 15.5 Å². The molecule has 0 aromatic carbocycles. The summed E-state index contributed by atoms with van der Waals surface area (Å²) in [5.41, 5.74) is 0.282. The van der Waals surface area contributed by atoms with Gasteiger partial charge in [0.25, 0.3) is 0 Å². The lowest BCUT2D eigenvalue weighted by atomic mass is 9.84. The summed E-state index contributed by atoms with van der Waals surface area (Å²) in [4.78, 5) is 11.2. The fourth-order valence-corrected chi connectivity index (χ4v) is 5.19. The monoisotopic (exact) mass is 391 g/mol. The molecule has 27 heavy (non-hydrogen) atoms. The molecular formula is C21H37N5S. The predicted molar refractivity (Wildman–Crippen MR) is 117 cm³/mol. The van der Waals surface area contributed by atoms with Crippen LogP contribution in [0.15, 0.2) is 22.5 Å². The second-order valence-corrected chi connectivity index (χ2v) is 9.28. The lowest BCUT2D eigenvalue weighted by Gasteiger charge is -2.50. The Labute approximate surface area is 169 Å². The lowest BCUT2D eigenvalue weighted by Crippen LogP contribution is -2.62. The van der Waals surface area contributed by atoms with Gasteiger partial charge in [-0.3, -0.25) is 9.89 Å². The van der Waals surface area contributed by atoms with Gasteiger partial charge in [0.1, 0.15) is 0 Å². The van der Waals surface area contributed by atoms with E-state index >= 15 is 0 Å². The average Bonchev–Trinajstić information content (AvgIpc) is 3.25. The number of hydrogen-bond donors (Lipinski definition) is 2. The summed E-state index contributed by atoms with van der Waals surface area (Å²) >= 11 is 1.83. The molecule has 2 aliphatic rings. The minimum Gasteiger partial charge on any atom is -0.356 e. The predicted octanol–water partition coefficient (Wildman–Crippen LogP) is 2.97. The molecule has 6 heteroatoms. The standard InChI is InChI=1S/C21H37N5S/c1-18(19-8-7-15-27-19)16-23-20(22-2)24-17-21(9-13-25(3)14-10-21)26-11-5-4-6-12-26/h7-8,15,18H,4-6,9-14,16-17H2,1-3H3,(H2,22,23,24). The Balaban J connectivity index is 1.56. The molecule has 152 valence electrons. The minimum atomic E-state index is 0.282. The van der Waals surface area contributed by atoms with Gasteiger partial charge in [-0.2, -0.15) is 0 Å². The molecule has 2 fully saturated rings. The van der Waals surface area contributed by atoms with Crippen LogP contribution in [0.5, 0.6) is 0 Å². The Hall–Kier alpha value is -1.11. The van der Waals surface area contributed by atoms with E-state index in [0.29, 0.717) is 5.92 Å². The highest BCUT2D eigenvalue weighted by atomic mass is 32.1. The van der Waals surface area contributed by atoms with Crippen molar-refractivity contribution in [3.63, 3.8) is 0 Å². The molecule has 3 rings (SSSR count). The first-order valence-corrected chi connectivity index (χ1v) is 11.4. The summed E-state index contributed by atoms with van der Waals surface area (Å²) in [5.74, 6) is 1.44. The molecular weight excluding hydrogens is 354 g/mol. The van der Waals surface area contributed by atoms with Crippen molar-refractivity contribution in [2.45, 2.75) is 50.5 Å². The van der Waals surface area contributed by atoms with E-state index in [0.717, 1.165) is 19.0 Å². The largest absolute Gasteiger partial charge is 0.356 e. The quantitative estimate of drug-likeness (QED) is 0.578. The van der Waals surface area contributed by atoms with E-state index in [1.165, 1.54) is 63.2 Å². The molecule has 0 amide bonds. The Morgan fingerprint density at radius 3 is 2.56 bits per heavy atom. The fraction of sp³-hybridized carbons (Fsp3) is 0.762. The van der Waals surface area contributed by atoms with Crippen molar-refractivity contribution < 1.29 is 0 Å². The molecule has 5 nitrogen and oxygen atoms in total. The third-order valence-electron chi connectivity index (χ3n) is 6.36. The zero-order chi connectivity index (χ0) is 19.1. The van der Waals surface area contributed by atoms with Crippen LogP contribution in [0.2, 0.25) is 0 Å². The first-order valence-electron chi connectivity index (χ1n) is 10.5. The second-order valence-electron chi connectivity index (χ2n) is 8.30. The number of guanidine groups is 1. The zero-order valence-electron chi connectivity index (χ0n) is 17.3. The van der Waals surface area contributed by atoms with Crippen LogP contribution in [-0.4, -0.2) is 74.7 Å². The van der Waals surface area contributed by atoms with E-state index in [4.69, 9.17) is 0 Å². The van der Waals surface area contributed by atoms with Gasteiger partial charge in [0.15, 0.2) is 5.96 Å². The van der Waals surface area contributed by atoms with Crippen molar-refractivity contribution in [1.29, 1.82) is 0 Å². The summed E-state index contributed by atoms with van der Waals surface area (Å²) in [6, 6.07) is 4.35. The summed E-state index contributed by atoms with van der Waals surface area (Å²) in [6.45, 7) is 9.09. The topological polar surface area (TPSA) is 42.9 Å². The molecule has 2 saturated heterocycles. The number of nitrogens with one attached hydrogen (secondary N) is 2. The molecule has 0 spiro atoms. The molecule has 3 heterocycles. The van der Waals surface area contributed by atoms with Crippen LogP contribution >= 0.6 is 11.3 Å². The smallest absolute Gasteiger partial charge is 0.191 e. The van der Waals surface area contributed by atoms with E-state index in [1.807, 2.05) is 18.4 Å². The Morgan fingerprint density at radius 1 is 1.19 bits per heavy atom. The highest BCUT2D eigenvalue weighted by Gasteiger charge is 2.39. The summed E-state index contributed by atoms with van der Waals surface area (Å²) < 4.78 is 0. The molecule has 1 unspecified atom stereocenters. The zero-order valence-corrected chi connectivity index (χ0v) is 18.2. The van der Waals surface area contributed by atoms with Crippen LogP contribution in [0.3, 0.4) is 0 Å². The van der Waals surface area contributed by atoms with E-state index in [-0.39, 0.29) is 5.54 Å². The van der Waals surface area contributed by atoms with Crippen LogP contribution in [0, 0.1) is 0 Å². The van der Waals surface area contributed by atoms with Gasteiger partial charge in [-0.05, 0) is 70.4 Å². The molecule has 1 aromatic rings. The highest BCUT2D eigenvalue weighted by molar-refractivity contribution is 7.10. The number of hydrogen-bond acceptors (Lipinski definition) is 4. The van der Waals surface area contributed by atoms with Gasteiger partial charge >= 0.3 is 0 Å². The lowest BCUT2D eigenvalue weighted by molar-refractivity contribution is 0.0173. The first kappa shape index (κ1) is 20.6. The van der Waals surface area contributed by atoms with Crippen LogP contribution in [0.1, 0.15) is 49.8 Å². The number of piperidine rings is 2. The van der Waals surface area contributed by atoms with Crippen molar-refractivity contribution >= 4 is 17.3 Å². The minimum absolute atomic E-state index is 0.282. The second kappa shape index (κ2) is 9.89. The van der Waals surface area contributed by atoms with Gasteiger partial charge in [0.2, 0.25) is 0 Å². The third kappa shape index (κ3) is 5.46. The van der Waals surface area contributed by atoms with Crippen molar-refractivity contribution in [3.8, 4) is 0 Å². The fourth-order valence-electron chi connectivity index (χ4n) is 4.40. The average molecular weight is 392 g/mol. The molecule has 1 aromatic heterocycles. The summed E-state index contributed by atoms with van der Waals surface area (Å²) in [7, 11) is 4.13. The van der Waals surface area contributed by atoms with Crippen LogP contribution in [0.4, 0.5) is 0 Å². The van der Waals surface area contributed by atoms with Gasteiger partial charge in [-0.1, -0.05) is 19.4 Å². The summed E-state index contributed by atoms with van der Waals surface area (Å²) in [5, 5.41) is 9.37. The maximum absolute atomic E-state index is 4.49. The van der Waals surface area contributed by atoms with E-state index < -0.39 is 0 Å². The number of thiophene rings is 1. The molecule has 0 saturated carbocycles. The number of nitrogens with zero attached hydrogens (tertiary/aromatic N) is 3. The van der Waals surface area contributed by atoms with E-state index in [9.17, 15) is 0 Å². The van der Waals surface area contributed by atoms with Crippen LogP contribution in [-0.2, 0) is 0 Å². The van der Waals surface area contributed by atoms with Crippen LogP contribution < -0.4 is 10.6 Å². The van der Waals surface area contributed by atoms with Gasteiger partial charge in [0.05, 0.1) is 0 Å². The van der Waals surface area contributed by atoms with Crippen LogP contribution in [0.25, 0.3) is 0 Å². The van der Waals surface area contributed by atoms with E-state index in [1.54, 1.807) is 0 Å². The molecule has 2 N–H and O–H groups in total. The van der Waals surface area contributed by atoms with Gasteiger partial charge in [-0.25, -0.2) is 0 Å². The number of rotatable bonds is 6. The molecule has 0 bridgehead atoms. The van der Waals surface area contributed by atoms with Gasteiger partial charge in [-0.15, -0.1) is 11.3 Å². The molecule has 0 radical (unpaired) electrons. The third-order valence-corrected chi connectivity index (χ3v) is 7.46. The van der Waals surface area contributed by atoms with Crippen molar-refractivity contribution in [2.75, 3.05) is 53.4 Å². The van der Waals surface area contributed by atoms with Crippen molar-refractivity contribution in [2.24, 2.45) is 4.99 Å². The molecule has 0 aliphatic carbocycles. The maximum atomic E-state index is 4.49. The van der Waals surface area contributed by atoms with Gasteiger partial charge in [0, 0.05) is 36.5 Å². The maximum Gasteiger partial charge on any atom is 0.191 e. The Morgan fingerprint density at radius 2 is 1.93 bits per heavy atom. The number of aliphatic imine (C=N–C) groups is 1. The van der Waals surface area contributed by atoms with Crippen molar-refractivity contribution in [1.82, 2.24) is 20.4 Å². The Bertz CT molecular complexity index is 571. The normalized spacial score (nSPS) is 23.1. The SMILES string of the molecule is CN=C(NCC(C)c1cccs1)NCC1(N2CCCCC2)CCN(C)CC1. The molecule has 2 aliphatic heterocycles. The number of likely N-dealkylation sites (tertiary alicyclic amines) is 2. The Kier molecular flexibility index (Phi) is 7.56. The molecule has 1 atom stereocenters. The summed E-state index contributed by atoms with van der Waals surface area (Å²) in [6.07, 6.45) is 6.59. The van der Waals surface area contributed by atoms with E-state index in [2.05, 4.69) is 56.9 Å². The highest BCUT2D eigenvalue weighted by Crippen LogP contribution is 2.30. The van der Waals surface area contributed by atoms with Crippen molar-refractivity contribution in [3.05, 3.63) is 22.4 Å².